The van der Waals surface area contributed by atoms with Crippen LogP contribution in [0.15, 0.2) is 66.7 Å². The lowest BCUT2D eigenvalue weighted by atomic mass is 9.55. The first kappa shape index (κ1) is 17.4. The first-order chi connectivity index (χ1) is 14.5. The lowest BCUT2D eigenvalue weighted by Crippen LogP contribution is -2.46. The van der Waals surface area contributed by atoms with Gasteiger partial charge in [-0.15, -0.1) is 0 Å². The highest BCUT2D eigenvalue weighted by Gasteiger charge is 2.69. The summed E-state index contributed by atoms with van der Waals surface area (Å²) in [6, 6.07) is 23.9. The number of hydrogen-bond donors (Lipinski definition) is 0. The van der Waals surface area contributed by atoms with Gasteiger partial charge in [-0.25, -0.2) is 0 Å². The molecule has 3 aliphatic carbocycles. The fraction of sp³-hybridized carbons (Fsp3) is 0.333. The van der Waals surface area contributed by atoms with Crippen molar-refractivity contribution in [3.05, 3.63) is 89.0 Å². The van der Waals surface area contributed by atoms with E-state index in [0.29, 0.717) is 5.92 Å². The van der Waals surface area contributed by atoms with Gasteiger partial charge in [-0.05, 0) is 65.0 Å². The maximum atomic E-state index is 6.74. The average molecular weight is 412 g/mol. The van der Waals surface area contributed by atoms with Crippen molar-refractivity contribution < 1.29 is 9.05 Å². The van der Waals surface area contributed by atoms with Gasteiger partial charge in [0, 0.05) is 16.5 Å². The molecule has 1 aliphatic heterocycles. The van der Waals surface area contributed by atoms with Gasteiger partial charge in [0.05, 0.1) is 5.30 Å². The van der Waals surface area contributed by atoms with Crippen molar-refractivity contribution in [2.45, 2.75) is 49.9 Å². The molecule has 1 saturated carbocycles. The lowest BCUT2D eigenvalue weighted by Gasteiger charge is -2.48. The molecule has 0 amide bonds. The van der Waals surface area contributed by atoms with Crippen molar-refractivity contribution in [3.63, 3.8) is 0 Å². The highest BCUT2D eigenvalue weighted by Crippen LogP contribution is 2.76. The summed E-state index contributed by atoms with van der Waals surface area (Å²) in [6.07, 6.45) is 2.31. The Morgan fingerprint density at radius 2 is 1.27 bits per heavy atom. The molecule has 0 aromatic heterocycles. The fourth-order valence-electron chi connectivity index (χ4n) is 7.47. The Labute approximate surface area is 179 Å². The van der Waals surface area contributed by atoms with E-state index in [2.05, 4.69) is 81.4 Å². The van der Waals surface area contributed by atoms with Crippen LogP contribution in [-0.2, 0) is 16.2 Å². The van der Waals surface area contributed by atoms with Gasteiger partial charge < -0.3 is 9.05 Å². The third kappa shape index (κ3) is 1.78. The number of benzene rings is 3. The first-order valence-electron chi connectivity index (χ1n) is 11.0. The van der Waals surface area contributed by atoms with Crippen LogP contribution in [0.5, 0.6) is 11.5 Å². The molecule has 1 spiro atoms. The molecule has 0 saturated heterocycles. The summed E-state index contributed by atoms with van der Waals surface area (Å²) < 4.78 is 13.5. The van der Waals surface area contributed by atoms with Crippen LogP contribution in [0.25, 0.3) is 0 Å². The molecule has 150 valence electrons. The second-order valence-electron chi connectivity index (χ2n) is 10.1. The topological polar surface area (TPSA) is 18.5 Å². The second-order valence-corrected chi connectivity index (χ2v) is 11.5. The van der Waals surface area contributed by atoms with Gasteiger partial charge in [-0.1, -0.05) is 63.2 Å². The van der Waals surface area contributed by atoms with Crippen LogP contribution in [0.4, 0.5) is 0 Å². The van der Waals surface area contributed by atoms with Crippen LogP contribution in [0.2, 0.25) is 0 Å². The zero-order valence-corrected chi connectivity index (χ0v) is 18.5. The van der Waals surface area contributed by atoms with E-state index in [-0.39, 0.29) is 16.2 Å². The van der Waals surface area contributed by atoms with Crippen molar-refractivity contribution in [1.29, 1.82) is 0 Å². The minimum atomic E-state index is -1.24. The summed E-state index contributed by atoms with van der Waals surface area (Å²) in [5.74, 6) is 2.62. The summed E-state index contributed by atoms with van der Waals surface area (Å²) in [7, 11) is -1.24. The standard InChI is InChI=1S/C27H25O2P/c1-17-25(2)15-27-16-26(17,3)20-12-8-14-22(24(20)27)29-30(18-9-5-4-6-10-18)28-21-13-7-11-19(25)23(21)27/h4-14,17H,15-16H2,1-3H3. The minimum absolute atomic E-state index is 0.00593. The van der Waals surface area contributed by atoms with Crippen molar-refractivity contribution in [2.75, 3.05) is 0 Å². The van der Waals surface area contributed by atoms with Gasteiger partial charge >= 0.3 is 8.38 Å². The Kier molecular flexibility index (Phi) is 3.07. The van der Waals surface area contributed by atoms with Crippen LogP contribution in [-0.4, -0.2) is 0 Å². The minimum Gasteiger partial charge on any atom is -0.435 e. The molecular weight excluding hydrogens is 387 g/mol. The maximum absolute atomic E-state index is 6.74. The molecule has 4 aliphatic rings. The zero-order chi connectivity index (χ0) is 20.3. The third-order valence-electron chi connectivity index (χ3n) is 8.82. The van der Waals surface area contributed by atoms with Gasteiger partial charge in [0.1, 0.15) is 11.5 Å². The predicted molar refractivity (Wildman–Crippen MR) is 121 cm³/mol. The Morgan fingerprint density at radius 3 is 1.80 bits per heavy atom. The highest BCUT2D eigenvalue weighted by atomic mass is 31.2. The summed E-state index contributed by atoms with van der Waals surface area (Å²) in [6.45, 7) is 7.45. The molecule has 7 rings (SSSR count). The van der Waals surface area contributed by atoms with Crippen LogP contribution < -0.4 is 14.4 Å². The predicted octanol–water partition coefficient (Wildman–Crippen LogP) is 6.35. The molecule has 1 fully saturated rings. The van der Waals surface area contributed by atoms with Gasteiger partial charge in [-0.2, -0.15) is 0 Å². The molecule has 3 aromatic carbocycles. The number of hydrogen-bond acceptors (Lipinski definition) is 2. The normalized spacial score (nSPS) is 36.5. The fourth-order valence-corrected chi connectivity index (χ4v) is 8.79. The van der Waals surface area contributed by atoms with Crippen LogP contribution >= 0.6 is 8.38 Å². The van der Waals surface area contributed by atoms with Crippen molar-refractivity contribution in [2.24, 2.45) is 5.92 Å². The SMILES string of the molecule is CC1C2(C)CC34CC1(C)c1cccc(c13)OP(c1ccccc1)Oc1cccc2c14. The maximum Gasteiger partial charge on any atom is 0.326 e. The van der Waals surface area contributed by atoms with Gasteiger partial charge in [0.15, 0.2) is 0 Å². The average Bonchev–Trinajstić information content (AvgIpc) is 3.13. The van der Waals surface area contributed by atoms with Crippen molar-refractivity contribution >= 4 is 13.7 Å². The quantitative estimate of drug-likeness (QED) is 0.433. The summed E-state index contributed by atoms with van der Waals surface area (Å²) in [4.78, 5) is 0. The van der Waals surface area contributed by atoms with Gasteiger partial charge in [-0.3, -0.25) is 0 Å². The Bertz CT molecular complexity index is 1140. The van der Waals surface area contributed by atoms with Crippen LogP contribution in [0.3, 0.4) is 0 Å². The summed E-state index contributed by atoms with van der Waals surface area (Å²) in [5, 5.41) is 1.11. The Morgan fingerprint density at radius 1 is 0.733 bits per heavy atom. The molecular formula is C27H25O2P. The Hall–Kier alpha value is -2.31. The van der Waals surface area contributed by atoms with E-state index < -0.39 is 8.38 Å². The molecule has 0 N–H and O–H groups in total. The summed E-state index contributed by atoms with van der Waals surface area (Å²) in [5.41, 5.74) is 6.20. The van der Waals surface area contributed by atoms with E-state index in [1.807, 2.05) is 6.07 Å². The molecule has 3 aromatic rings. The highest BCUT2D eigenvalue weighted by molar-refractivity contribution is 7.56. The molecule has 2 nitrogen and oxygen atoms in total. The van der Waals surface area contributed by atoms with E-state index >= 15 is 0 Å². The zero-order valence-electron chi connectivity index (χ0n) is 17.6. The lowest BCUT2D eigenvalue weighted by molar-refractivity contribution is 0.116. The molecule has 1 heterocycles. The van der Waals surface area contributed by atoms with Crippen LogP contribution in [0, 0.1) is 5.92 Å². The van der Waals surface area contributed by atoms with E-state index in [1.165, 1.54) is 22.3 Å². The summed E-state index contributed by atoms with van der Waals surface area (Å²) >= 11 is 0. The molecule has 0 radical (unpaired) electrons. The van der Waals surface area contributed by atoms with Crippen LogP contribution in [0.1, 0.15) is 55.9 Å². The second kappa shape index (κ2) is 5.29. The molecule has 2 unspecified atom stereocenters. The molecule has 3 bridgehead atoms. The van der Waals surface area contributed by atoms with E-state index in [0.717, 1.165) is 29.6 Å². The van der Waals surface area contributed by atoms with E-state index in [9.17, 15) is 0 Å². The van der Waals surface area contributed by atoms with Crippen molar-refractivity contribution in [1.82, 2.24) is 0 Å². The van der Waals surface area contributed by atoms with Gasteiger partial charge in [0.25, 0.3) is 0 Å². The number of rotatable bonds is 1. The largest absolute Gasteiger partial charge is 0.435 e. The Balaban J connectivity index is 1.59. The number of fused-ring (bicyclic) bond motifs is 4. The monoisotopic (exact) mass is 412 g/mol. The third-order valence-corrected chi connectivity index (χ3v) is 10.3. The smallest absolute Gasteiger partial charge is 0.326 e. The van der Waals surface area contributed by atoms with E-state index in [4.69, 9.17) is 9.05 Å². The molecule has 30 heavy (non-hydrogen) atoms. The van der Waals surface area contributed by atoms with Crippen molar-refractivity contribution in [3.8, 4) is 11.5 Å². The molecule has 2 atom stereocenters. The molecule has 3 heteroatoms. The van der Waals surface area contributed by atoms with E-state index in [1.54, 1.807) is 0 Å². The van der Waals surface area contributed by atoms with Gasteiger partial charge in [0.2, 0.25) is 0 Å². The first-order valence-corrected chi connectivity index (χ1v) is 12.1.